The molecule has 0 saturated carbocycles. The van der Waals surface area contributed by atoms with Gasteiger partial charge >= 0.3 is 0 Å². The maximum atomic E-state index is 3.69. The van der Waals surface area contributed by atoms with Crippen LogP contribution in [0.1, 0.15) is 23.2 Å². The third kappa shape index (κ3) is 1.01. The average molecular weight is 250 g/mol. The van der Waals surface area contributed by atoms with Crippen molar-refractivity contribution in [2.24, 2.45) is 0 Å². The summed E-state index contributed by atoms with van der Waals surface area (Å²) < 4.78 is 1.27. The Morgan fingerprint density at radius 3 is 3.00 bits per heavy atom. The number of hydrogen-bond donors (Lipinski definition) is 1. The maximum absolute atomic E-state index is 3.69. The quantitative estimate of drug-likeness (QED) is 0.733. The molecule has 1 aromatic heterocycles. The molecule has 0 bridgehead atoms. The summed E-state index contributed by atoms with van der Waals surface area (Å²) in [6.07, 6.45) is 3.75. The fourth-order valence-corrected chi connectivity index (χ4v) is 2.98. The monoisotopic (exact) mass is 249 g/mol. The standard InChI is InChI=1S/C12H12BrN/c1-7-5-6-10-11(12(7)13)8-3-2-4-9(8)14-10/h5-6,14H,2-4H2,1H3. The van der Waals surface area contributed by atoms with Crippen LogP contribution in [-0.4, -0.2) is 4.98 Å². The van der Waals surface area contributed by atoms with Gasteiger partial charge in [0, 0.05) is 21.1 Å². The minimum absolute atomic E-state index is 1.22. The van der Waals surface area contributed by atoms with E-state index in [1.165, 1.54) is 51.5 Å². The molecular formula is C12H12BrN. The number of aryl methyl sites for hydroxylation is 3. The van der Waals surface area contributed by atoms with Crippen LogP contribution in [0.25, 0.3) is 10.9 Å². The molecule has 1 heterocycles. The van der Waals surface area contributed by atoms with Gasteiger partial charge in [-0.2, -0.15) is 0 Å². The first kappa shape index (κ1) is 8.54. The van der Waals surface area contributed by atoms with Crippen molar-refractivity contribution in [2.45, 2.75) is 26.2 Å². The molecule has 0 aliphatic heterocycles. The Balaban J connectivity index is 2.46. The molecule has 3 rings (SSSR count). The Labute approximate surface area is 91.6 Å². The molecule has 1 aliphatic carbocycles. The first-order valence-corrected chi connectivity index (χ1v) is 5.85. The number of aromatic amines is 1. The third-order valence-corrected chi connectivity index (χ3v) is 4.16. The summed E-state index contributed by atoms with van der Waals surface area (Å²) in [5.74, 6) is 0. The van der Waals surface area contributed by atoms with Crippen LogP contribution >= 0.6 is 15.9 Å². The number of hydrogen-bond acceptors (Lipinski definition) is 0. The molecule has 0 fully saturated rings. The number of nitrogens with one attached hydrogen (secondary N) is 1. The Morgan fingerprint density at radius 1 is 1.29 bits per heavy atom. The summed E-state index contributed by atoms with van der Waals surface area (Å²) in [6.45, 7) is 2.15. The largest absolute Gasteiger partial charge is 0.358 e. The normalized spacial score (nSPS) is 15.0. The van der Waals surface area contributed by atoms with Gasteiger partial charge < -0.3 is 4.98 Å². The molecule has 0 amide bonds. The fourth-order valence-electron chi connectivity index (χ4n) is 2.40. The zero-order valence-electron chi connectivity index (χ0n) is 8.15. The summed E-state index contributed by atoms with van der Waals surface area (Å²) in [7, 11) is 0. The van der Waals surface area contributed by atoms with E-state index in [4.69, 9.17) is 0 Å². The molecule has 1 aliphatic rings. The molecular weight excluding hydrogens is 238 g/mol. The van der Waals surface area contributed by atoms with Crippen molar-refractivity contribution in [3.05, 3.63) is 33.4 Å². The molecule has 0 saturated heterocycles. The van der Waals surface area contributed by atoms with Gasteiger partial charge in [0.1, 0.15) is 0 Å². The number of fused-ring (bicyclic) bond motifs is 3. The fraction of sp³-hybridized carbons (Fsp3) is 0.333. The van der Waals surface area contributed by atoms with Crippen LogP contribution in [-0.2, 0) is 12.8 Å². The number of H-pyrrole nitrogens is 1. The van der Waals surface area contributed by atoms with E-state index in [0.29, 0.717) is 0 Å². The molecule has 1 nitrogen and oxygen atoms in total. The first-order valence-electron chi connectivity index (χ1n) is 5.06. The number of aromatic nitrogens is 1. The van der Waals surface area contributed by atoms with E-state index in [1.54, 1.807) is 0 Å². The lowest BCUT2D eigenvalue weighted by Gasteiger charge is -2.01. The van der Waals surface area contributed by atoms with E-state index >= 15 is 0 Å². The van der Waals surface area contributed by atoms with E-state index in [1.807, 2.05) is 0 Å². The number of halogens is 1. The highest BCUT2D eigenvalue weighted by molar-refractivity contribution is 9.10. The van der Waals surface area contributed by atoms with Gasteiger partial charge in [-0.3, -0.25) is 0 Å². The Bertz CT molecular complexity index is 511. The van der Waals surface area contributed by atoms with Gasteiger partial charge in [0.05, 0.1) is 0 Å². The van der Waals surface area contributed by atoms with E-state index < -0.39 is 0 Å². The summed E-state index contributed by atoms with van der Waals surface area (Å²) in [5.41, 5.74) is 5.60. The van der Waals surface area contributed by atoms with Crippen molar-refractivity contribution in [3.8, 4) is 0 Å². The molecule has 0 radical (unpaired) electrons. The first-order chi connectivity index (χ1) is 6.77. The van der Waals surface area contributed by atoms with Gasteiger partial charge in [0.25, 0.3) is 0 Å². The van der Waals surface area contributed by atoms with Crippen molar-refractivity contribution in [2.75, 3.05) is 0 Å². The predicted octanol–water partition coefficient (Wildman–Crippen LogP) is 3.73. The summed E-state index contributed by atoms with van der Waals surface area (Å²) in [5, 5.41) is 1.41. The highest BCUT2D eigenvalue weighted by Crippen LogP contribution is 2.36. The lowest BCUT2D eigenvalue weighted by molar-refractivity contribution is 0.898. The van der Waals surface area contributed by atoms with Crippen molar-refractivity contribution >= 4 is 26.8 Å². The predicted molar refractivity (Wildman–Crippen MR) is 62.8 cm³/mol. The SMILES string of the molecule is Cc1ccc2[nH]c3c(c2c1Br)CCC3. The van der Waals surface area contributed by atoms with Crippen LogP contribution in [0.2, 0.25) is 0 Å². The molecule has 2 aromatic rings. The van der Waals surface area contributed by atoms with Gasteiger partial charge in [0.15, 0.2) is 0 Å². The van der Waals surface area contributed by atoms with Crippen LogP contribution in [0.5, 0.6) is 0 Å². The zero-order valence-corrected chi connectivity index (χ0v) is 9.74. The van der Waals surface area contributed by atoms with Crippen molar-refractivity contribution < 1.29 is 0 Å². The highest BCUT2D eigenvalue weighted by Gasteiger charge is 2.18. The lowest BCUT2D eigenvalue weighted by Crippen LogP contribution is -1.81. The molecule has 1 aromatic carbocycles. The van der Waals surface area contributed by atoms with Crippen LogP contribution in [0.3, 0.4) is 0 Å². The third-order valence-electron chi connectivity index (χ3n) is 3.14. The Morgan fingerprint density at radius 2 is 2.14 bits per heavy atom. The smallest absolute Gasteiger partial charge is 0.0470 e. The van der Waals surface area contributed by atoms with Gasteiger partial charge in [-0.25, -0.2) is 0 Å². The minimum atomic E-state index is 1.22. The zero-order chi connectivity index (χ0) is 9.71. The van der Waals surface area contributed by atoms with Gasteiger partial charge in [0.2, 0.25) is 0 Å². The number of benzene rings is 1. The lowest BCUT2D eigenvalue weighted by atomic mass is 10.1. The van der Waals surface area contributed by atoms with Crippen LogP contribution < -0.4 is 0 Å². The van der Waals surface area contributed by atoms with Gasteiger partial charge in [-0.05, 0) is 59.3 Å². The molecule has 14 heavy (non-hydrogen) atoms. The second-order valence-electron chi connectivity index (χ2n) is 4.05. The molecule has 0 atom stereocenters. The Kier molecular flexibility index (Phi) is 1.75. The molecule has 0 unspecified atom stereocenters. The number of rotatable bonds is 0. The van der Waals surface area contributed by atoms with Crippen LogP contribution in [0, 0.1) is 6.92 Å². The van der Waals surface area contributed by atoms with E-state index in [9.17, 15) is 0 Å². The van der Waals surface area contributed by atoms with Gasteiger partial charge in [-0.15, -0.1) is 0 Å². The van der Waals surface area contributed by atoms with Crippen molar-refractivity contribution in [1.82, 2.24) is 4.98 Å². The summed E-state index contributed by atoms with van der Waals surface area (Å²) in [4.78, 5) is 3.51. The molecule has 2 heteroatoms. The Hall–Kier alpha value is -0.760. The molecule has 1 N–H and O–H groups in total. The van der Waals surface area contributed by atoms with Gasteiger partial charge in [-0.1, -0.05) is 6.07 Å². The summed E-state index contributed by atoms with van der Waals surface area (Å²) >= 11 is 3.69. The van der Waals surface area contributed by atoms with E-state index in [-0.39, 0.29) is 0 Å². The van der Waals surface area contributed by atoms with Crippen molar-refractivity contribution in [1.29, 1.82) is 0 Å². The maximum Gasteiger partial charge on any atom is 0.0470 e. The highest BCUT2D eigenvalue weighted by atomic mass is 79.9. The minimum Gasteiger partial charge on any atom is -0.358 e. The topological polar surface area (TPSA) is 15.8 Å². The van der Waals surface area contributed by atoms with E-state index in [0.717, 1.165) is 0 Å². The second kappa shape index (κ2) is 2.86. The summed E-state index contributed by atoms with van der Waals surface area (Å²) in [6, 6.07) is 4.35. The van der Waals surface area contributed by atoms with Crippen LogP contribution in [0.15, 0.2) is 16.6 Å². The van der Waals surface area contributed by atoms with E-state index in [2.05, 4.69) is 40.0 Å². The van der Waals surface area contributed by atoms with Crippen molar-refractivity contribution in [3.63, 3.8) is 0 Å². The molecule has 0 spiro atoms. The second-order valence-corrected chi connectivity index (χ2v) is 4.85. The molecule has 72 valence electrons. The van der Waals surface area contributed by atoms with Crippen LogP contribution in [0.4, 0.5) is 0 Å². The average Bonchev–Trinajstić information content (AvgIpc) is 2.70.